The van der Waals surface area contributed by atoms with Gasteiger partial charge in [-0.05, 0) is 35.9 Å². The van der Waals surface area contributed by atoms with Crippen molar-refractivity contribution in [2.24, 2.45) is 0 Å². The number of rotatable bonds is 3. The normalized spacial score (nSPS) is 21.8. The average Bonchev–Trinajstić information content (AvgIpc) is 3.32. The van der Waals surface area contributed by atoms with Crippen LogP contribution in [0.5, 0.6) is 5.75 Å². The lowest BCUT2D eigenvalue weighted by Crippen LogP contribution is -2.27. The molecule has 2 aliphatic heterocycles. The number of carbonyl (C=O) groups excluding carboxylic acids is 1. The van der Waals surface area contributed by atoms with Gasteiger partial charge in [0.1, 0.15) is 5.75 Å². The number of benzene rings is 2. The van der Waals surface area contributed by atoms with Gasteiger partial charge in [0, 0.05) is 11.6 Å². The van der Waals surface area contributed by atoms with E-state index in [9.17, 15) is 4.79 Å². The molecule has 2 heterocycles. The van der Waals surface area contributed by atoms with Crippen molar-refractivity contribution in [2.45, 2.75) is 19.1 Å². The van der Waals surface area contributed by atoms with Crippen molar-refractivity contribution in [1.82, 2.24) is 0 Å². The Bertz CT molecular complexity index is 762. The lowest BCUT2D eigenvalue weighted by atomic mass is 10.1. The molecule has 0 aliphatic carbocycles. The summed E-state index contributed by atoms with van der Waals surface area (Å²) in [5, 5.41) is 0.501. The first kappa shape index (κ1) is 14.4. The minimum atomic E-state index is -0.521. The number of halogens is 1. The van der Waals surface area contributed by atoms with Gasteiger partial charge in [-0.2, -0.15) is 0 Å². The summed E-state index contributed by atoms with van der Waals surface area (Å²) in [6.45, 7) is 0.594. The van der Waals surface area contributed by atoms with Gasteiger partial charge in [0.05, 0.1) is 18.4 Å². The summed E-state index contributed by atoms with van der Waals surface area (Å²) >= 11 is 6.01. The van der Waals surface area contributed by atoms with Crippen molar-refractivity contribution < 1.29 is 19.0 Å². The average molecular weight is 332 g/mol. The smallest absolute Gasteiger partial charge is 0.342 e. The molecule has 6 heteroatoms. The number of esters is 1. The van der Waals surface area contributed by atoms with E-state index in [-0.39, 0.29) is 6.23 Å². The molecule has 2 atom stereocenters. The van der Waals surface area contributed by atoms with Crippen molar-refractivity contribution in [1.29, 1.82) is 0 Å². The second-order valence-electron chi connectivity index (χ2n) is 5.44. The number of hydrogen-bond acceptors (Lipinski definition) is 5. The number of fused-ring (bicyclic) bond motifs is 2. The summed E-state index contributed by atoms with van der Waals surface area (Å²) in [5.41, 5.74) is 2.30. The maximum Gasteiger partial charge on any atom is 0.342 e. The van der Waals surface area contributed by atoms with Crippen LogP contribution in [-0.4, -0.2) is 25.6 Å². The molecule has 0 spiro atoms. The van der Waals surface area contributed by atoms with E-state index in [0.717, 1.165) is 17.0 Å². The molecule has 0 saturated carbocycles. The minimum absolute atomic E-state index is 0.261. The zero-order valence-corrected chi connectivity index (χ0v) is 13.1. The van der Waals surface area contributed by atoms with Crippen LogP contribution in [0.2, 0.25) is 5.02 Å². The molecular weight excluding hydrogens is 318 g/mol. The van der Waals surface area contributed by atoms with E-state index in [1.807, 2.05) is 35.2 Å². The summed E-state index contributed by atoms with van der Waals surface area (Å²) in [6, 6.07) is 13.0. The van der Waals surface area contributed by atoms with Gasteiger partial charge in [-0.25, -0.2) is 4.79 Å². The van der Waals surface area contributed by atoms with E-state index < -0.39 is 12.3 Å². The fourth-order valence-corrected chi connectivity index (χ4v) is 2.90. The van der Waals surface area contributed by atoms with E-state index in [2.05, 4.69) is 0 Å². The van der Waals surface area contributed by atoms with Gasteiger partial charge in [-0.15, -0.1) is 0 Å². The number of anilines is 1. The van der Waals surface area contributed by atoms with Gasteiger partial charge >= 0.3 is 5.97 Å². The summed E-state index contributed by atoms with van der Waals surface area (Å²) in [5.74, 6) is 0.392. The number of methoxy groups -OCH3 is 1. The molecule has 23 heavy (non-hydrogen) atoms. The van der Waals surface area contributed by atoms with Crippen molar-refractivity contribution in [2.75, 3.05) is 12.0 Å². The Morgan fingerprint density at radius 1 is 1.22 bits per heavy atom. The van der Waals surface area contributed by atoms with Gasteiger partial charge in [0.15, 0.2) is 6.23 Å². The van der Waals surface area contributed by atoms with Gasteiger partial charge in [0.25, 0.3) is 6.29 Å². The number of carbonyl (C=O) groups is 1. The summed E-state index contributed by atoms with van der Waals surface area (Å²) in [4.78, 5) is 14.2. The molecule has 1 fully saturated rings. The van der Waals surface area contributed by atoms with Crippen molar-refractivity contribution >= 4 is 23.3 Å². The van der Waals surface area contributed by atoms with Crippen molar-refractivity contribution in [3.8, 4) is 5.75 Å². The molecule has 0 aromatic heterocycles. The van der Waals surface area contributed by atoms with Crippen LogP contribution in [0.25, 0.3) is 0 Å². The third-order valence-electron chi connectivity index (χ3n) is 3.96. The fourth-order valence-electron chi connectivity index (χ4n) is 2.73. The van der Waals surface area contributed by atoms with E-state index in [0.29, 0.717) is 17.1 Å². The molecular formula is C17H14ClNO4. The molecule has 4 rings (SSSR count). The van der Waals surface area contributed by atoms with Crippen LogP contribution in [0.1, 0.15) is 15.9 Å². The first-order chi connectivity index (χ1) is 11.2. The molecule has 0 amide bonds. The molecule has 2 aliphatic rings. The summed E-state index contributed by atoms with van der Waals surface area (Å²) in [6.07, 6.45) is -0.782. The van der Waals surface area contributed by atoms with Crippen LogP contribution in [0.15, 0.2) is 42.5 Å². The Labute approximate surface area is 138 Å². The second kappa shape index (κ2) is 5.44. The zero-order valence-electron chi connectivity index (χ0n) is 12.4. The highest BCUT2D eigenvalue weighted by atomic mass is 35.5. The van der Waals surface area contributed by atoms with E-state index in [1.165, 1.54) is 0 Å². The zero-order chi connectivity index (χ0) is 16.0. The molecule has 2 aromatic carbocycles. The third-order valence-corrected chi connectivity index (χ3v) is 4.20. The number of ether oxygens (including phenoxy) is 3. The first-order valence-electron chi connectivity index (χ1n) is 7.21. The Morgan fingerprint density at radius 3 is 2.74 bits per heavy atom. The predicted octanol–water partition coefficient (Wildman–Crippen LogP) is 3.21. The quantitative estimate of drug-likeness (QED) is 0.638. The maximum atomic E-state index is 12.2. The Kier molecular flexibility index (Phi) is 3.39. The Morgan fingerprint density at radius 2 is 2.00 bits per heavy atom. The molecule has 0 bridgehead atoms. The van der Waals surface area contributed by atoms with Crippen LogP contribution >= 0.6 is 11.6 Å². The molecule has 2 aromatic rings. The van der Waals surface area contributed by atoms with Crippen LogP contribution in [0.3, 0.4) is 0 Å². The fraction of sp³-hybridized carbons (Fsp3) is 0.235. The van der Waals surface area contributed by atoms with Gasteiger partial charge in [-0.1, -0.05) is 23.7 Å². The molecule has 1 saturated heterocycles. The first-order valence-corrected chi connectivity index (χ1v) is 7.59. The lowest BCUT2D eigenvalue weighted by molar-refractivity contribution is 0.0299. The monoisotopic (exact) mass is 331 g/mol. The summed E-state index contributed by atoms with van der Waals surface area (Å²) in [7, 11) is 1.63. The number of nitrogens with zero attached hydrogens (tertiary/aromatic N) is 1. The SMILES string of the molecule is COc1ccc(CN2c3ccc(Cl)cc3C(=O)OC3OC32)cc1. The highest BCUT2D eigenvalue weighted by Crippen LogP contribution is 2.39. The third kappa shape index (κ3) is 2.62. The van der Waals surface area contributed by atoms with E-state index >= 15 is 0 Å². The molecule has 0 radical (unpaired) electrons. The Hall–Kier alpha value is -2.24. The lowest BCUT2D eigenvalue weighted by Gasteiger charge is -2.23. The number of epoxide rings is 1. The predicted molar refractivity (Wildman–Crippen MR) is 84.7 cm³/mol. The van der Waals surface area contributed by atoms with Crippen LogP contribution in [0.4, 0.5) is 5.69 Å². The van der Waals surface area contributed by atoms with Crippen LogP contribution in [-0.2, 0) is 16.0 Å². The van der Waals surface area contributed by atoms with Crippen LogP contribution in [0, 0.1) is 0 Å². The van der Waals surface area contributed by atoms with Gasteiger partial charge < -0.3 is 19.1 Å². The minimum Gasteiger partial charge on any atom is -0.497 e. The summed E-state index contributed by atoms with van der Waals surface area (Å²) < 4.78 is 15.9. The largest absolute Gasteiger partial charge is 0.497 e. The molecule has 5 nitrogen and oxygen atoms in total. The number of hydrogen-bond donors (Lipinski definition) is 0. The van der Waals surface area contributed by atoms with Gasteiger partial charge in [-0.3, -0.25) is 0 Å². The Balaban J connectivity index is 1.69. The topological polar surface area (TPSA) is 51.3 Å². The highest BCUT2D eigenvalue weighted by molar-refractivity contribution is 6.31. The molecule has 2 unspecified atom stereocenters. The van der Waals surface area contributed by atoms with Crippen molar-refractivity contribution in [3.05, 3.63) is 58.6 Å². The maximum absolute atomic E-state index is 12.2. The standard InChI is InChI=1S/C17H14ClNO4/c1-21-12-5-2-10(3-6-12)9-19-14-7-4-11(18)8-13(14)16(20)23-17-15(19)22-17/h2-8,15,17H,9H2,1H3. The van der Waals surface area contributed by atoms with Gasteiger partial charge in [0.2, 0.25) is 0 Å². The van der Waals surface area contributed by atoms with E-state index in [4.69, 9.17) is 25.8 Å². The van der Waals surface area contributed by atoms with Crippen LogP contribution < -0.4 is 9.64 Å². The molecule has 0 N–H and O–H groups in total. The van der Waals surface area contributed by atoms with Crippen molar-refractivity contribution in [3.63, 3.8) is 0 Å². The second-order valence-corrected chi connectivity index (χ2v) is 5.87. The molecule has 118 valence electrons. The van der Waals surface area contributed by atoms with E-state index in [1.54, 1.807) is 19.2 Å². The highest BCUT2D eigenvalue weighted by Gasteiger charge is 2.50.